The fraction of sp³-hybridized carbons (Fsp3) is 0.235. The summed E-state index contributed by atoms with van der Waals surface area (Å²) in [4.78, 5) is 11.9. The Morgan fingerprint density at radius 1 is 1.14 bits per heavy atom. The number of nitrogen functional groups attached to an aromatic ring is 1. The quantitative estimate of drug-likeness (QED) is 0.845. The van der Waals surface area contributed by atoms with Gasteiger partial charge >= 0.3 is 0 Å². The number of anilines is 1. The van der Waals surface area contributed by atoms with E-state index in [2.05, 4.69) is 11.4 Å². The summed E-state index contributed by atoms with van der Waals surface area (Å²) in [6.45, 7) is 6.47. The number of amides is 1. The molecule has 2 aromatic rings. The number of hydrogen-bond acceptors (Lipinski definition) is 3. The van der Waals surface area contributed by atoms with Gasteiger partial charge in [0.25, 0.3) is 5.91 Å². The molecule has 0 aromatic heterocycles. The van der Waals surface area contributed by atoms with Gasteiger partial charge in [-0.25, -0.2) is 0 Å². The molecule has 1 amide bonds. The maximum atomic E-state index is 11.9. The van der Waals surface area contributed by atoms with Crippen molar-refractivity contribution in [3.05, 3.63) is 53.1 Å². The van der Waals surface area contributed by atoms with Crippen molar-refractivity contribution < 1.29 is 9.53 Å². The number of nitrogens with two attached hydrogens (primary N) is 1. The zero-order valence-corrected chi connectivity index (χ0v) is 12.6. The van der Waals surface area contributed by atoms with Gasteiger partial charge in [0.2, 0.25) is 0 Å². The van der Waals surface area contributed by atoms with Gasteiger partial charge in [-0.1, -0.05) is 6.07 Å². The van der Waals surface area contributed by atoms with Gasteiger partial charge in [0.05, 0.1) is 5.69 Å². The Balaban J connectivity index is 2.30. The van der Waals surface area contributed by atoms with E-state index < -0.39 is 0 Å². The highest BCUT2D eigenvalue weighted by Gasteiger charge is 2.09. The van der Waals surface area contributed by atoms with Crippen LogP contribution in [0.1, 0.15) is 28.4 Å². The molecule has 0 aliphatic heterocycles. The molecule has 0 saturated heterocycles. The lowest BCUT2D eigenvalue weighted by Gasteiger charge is -2.11. The van der Waals surface area contributed by atoms with Crippen molar-refractivity contribution in [2.24, 2.45) is 0 Å². The Kier molecular flexibility index (Phi) is 4.48. The largest absolute Gasteiger partial charge is 0.455 e. The standard InChI is InChI=1S/C17H20N2O2/c1-4-19-17(20)13-5-6-15(18)16(10-13)21-14-8-11(2)7-12(3)9-14/h5-10H,4,18H2,1-3H3,(H,19,20). The Bertz CT molecular complexity index is 646. The highest BCUT2D eigenvalue weighted by atomic mass is 16.5. The molecule has 2 rings (SSSR count). The molecule has 0 aliphatic rings. The topological polar surface area (TPSA) is 64.4 Å². The second-order valence-electron chi connectivity index (χ2n) is 5.04. The molecule has 0 spiro atoms. The molecule has 0 radical (unpaired) electrons. The second kappa shape index (κ2) is 6.31. The Hall–Kier alpha value is -2.49. The molecule has 3 N–H and O–H groups in total. The van der Waals surface area contributed by atoms with Crippen molar-refractivity contribution in [1.82, 2.24) is 5.32 Å². The van der Waals surface area contributed by atoms with Gasteiger partial charge in [0, 0.05) is 12.1 Å². The van der Waals surface area contributed by atoms with Crippen LogP contribution in [-0.2, 0) is 0 Å². The van der Waals surface area contributed by atoms with E-state index in [-0.39, 0.29) is 5.91 Å². The minimum atomic E-state index is -0.136. The van der Waals surface area contributed by atoms with Crippen LogP contribution in [0.15, 0.2) is 36.4 Å². The fourth-order valence-corrected chi connectivity index (χ4v) is 2.15. The van der Waals surface area contributed by atoms with Gasteiger partial charge in [-0.15, -0.1) is 0 Å². The SMILES string of the molecule is CCNC(=O)c1ccc(N)c(Oc2cc(C)cc(C)c2)c1. The molecule has 2 aromatic carbocycles. The number of rotatable bonds is 4. The first kappa shape index (κ1) is 14.9. The van der Waals surface area contributed by atoms with E-state index in [9.17, 15) is 4.79 Å². The molecule has 0 unspecified atom stereocenters. The predicted molar refractivity (Wildman–Crippen MR) is 84.9 cm³/mol. The van der Waals surface area contributed by atoms with E-state index in [1.165, 1.54) is 0 Å². The van der Waals surface area contributed by atoms with Crippen LogP contribution >= 0.6 is 0 Å². The molecular weight excluding hydrogens is 264 g/mol. The summed E-state index contributed by atoms with van der Waals surface area (Å²) in [7, 11) is 0. The summed E-state index contributed by atoms with van der Waals surface area (Å²) in [6.07, 6.45) is 0. The Morgan fingerprint density at radius 3 is 2.43 bits per heavy atom. The normalized spacial score (nSPS) is 10.2. The van der Waals surface area contributed by atoms with Crippen molar-refractivity contribution in [3.8, 4) is 11.5 Å². The number of benzene rings is 2. The number of aryl methyl sites for hydroxylation is 2. The molecule has 0 atom stereocenters. The van der Waals surface area contributed by atoms with Crippen molar-refractivity contribution in [2.45, 2.75) is 20.8 Å². The molecule has 4 heteroatoms. The second-order valence-corrected chi connectivity index (χ2v) is 5.04. The van der Waals surface area contributed by atoms with Gasteiger partial charge in [-0.3, -0.25) is 4.79 Å². The first-order chi connectivity index (χ1) is 9.99. The number of hydrogen-bond donors (Lipinski definition) is 2. The van der Waals surface area contributed by atoms with Crippen molar-refractivity contribution >= 4 is 11.6 Å². The number of ether oxygens (including phenoxy) is 1. The molecule has 110 valence electrons. The van der Waals surface area contributed by atoms with E-state index in [4.69, 9.17) is 10.5 Å². The minimum Gasteiger partial charge on any atom is -0.455 e. The maximum Gasteiger partial charge on any atom is 0.251 e. The van der Waals surface area contributed by atoms with E-state index in [0.29, 0.717) is 29.3 Å². The lowest BCUT2D eigenvalue weighted by molar-refractivity contribution is 0.0955. The van der Waals surface area contributed by atoms with Crippen LogP contribution in [0, 0.1) is 13.8 Å². The molecule has 0 heterocycles. The molecule has 0 aliphatic carbocycles. The summed E-state index contributed by atoms with van der Waals surface area (Å²) in [5.41, 5.74) is 9.19. The van der Waals surface area contributed by atoms with Crippen LogP contribution in [0.5, 0.6) is 11.5 Å². The predicted octanol–water partition coefficient (Wildman–Crippen LogP) is 3.43. The van der Waals surface area contributed by atoms with Crippen molar-refractivity contribution in [2.75, 3.05) is 12.3 Å². The third-order valence-corrected chi connectivity index (χ3v) is 3.04. The van der Waals surface area contributed by atoms with Gasteiger partial charge in [-0.05, 0) is 62.2 Å². The van der Waals surface area contributed by atoms with Crippen LogP contribution in [0.4, 0.5) is 5.69 Å². The number of carbonyl (C=O) groups excluding carboxylic acids is 1. The Morgan fingerprint density at radius 2 is 1.81 bits per heavy atom. The Labute approximate surface area is 124 Å². The van der Waals surface area contributed by atoms with Crippen LogP contribution < -0.4 is 15.8 Å². The van der Waals surface area contributed by atoms with Gasteiger partial charge < -0.3 is 15.8 Å². The third kappa shape index (κ3) is 3.75. The zero-order chi connectivity index (χ0) is 15.4. The third-order valence-electron chi connectivity index (χ3n) is 3.04. The van der Waals surface area contributed by atoms with Crippen LogP contribution in [0.25, 0.3) is 0 Å². The lowest BCUT2D eigenvalue weighted by Crippen LogP contribution is -2.22. The van der Waals surface area contributed by atoms with Crippen LogP contribution in [-0.4, -0.2) is 12.5 Å². The summed E-state index contributed by atoms with van der Waals surface area (Å²) in [5, 5.41) is 2.76. The van der Waals surface area contributed by atoms with E-state index >= 15 is 0 Å². The molecule has 4 nitrogen and oxygen atoms in total. The van der Waals surface area contributed by atoms with E-state index in [1.807, 2.05) is 32.9 Å². The van der Waals surface area contributed by atoms with Gasteiger partial charge in [0.15, 0.2) is 5.75 Å². The van der Waals surface area contributed by atoms with Gasteiger partial charge in [0.1, 0.15) is 5.75 Å². The highest BCUT2D eigenvalue weighted by Crippen LogP contribution is 2.29. The maximum absolute atomic E-state index is 11.9. The molecule has 0 saturated carbocycles. The van der Waals surface area contributed by atoms with Crippen LogP contribution in [0.3, 0.4) is 0 Å². The highest BCUT2D eigenvalue weighted by molar-refractivity contribution is 5.95. The van der Waals surface area contributed by atoms with Crippen molar-refractivity contribution in [1.29, 1.82) is 0 Å². The number of carbonyl (C=O) groups is 1. The first-order valence-electron chi connectivity index (χ1n) is 6.93. The first-order valence-corrected chi connectivity index (χ1v) is 6.93. The molecule has 0 fully saturated rings. The lowest BCUT2D eigenvalue weighted by atomic mass is 10.1. The van der Waals surface area contributed by atoms with Crippen molar-refractivity contribution in [3.63, 3.8) is 0 Å². The zero-order valence-electron chi connectivity index (χ0n) is 12.6. The summed E-state index contributed by atoms with van der Waals surface area (Å²) < 4.78 is 5.83. The van der Waals surface area contributed by atoms with Crippen LogP contribution in [0.2, 0.25) is 0 Å². The van der Waals surface area contributed by atoms with E-state index in [1.54, 1.807) is 18.2 Å². The summed E-state index contributed by atoms with van der Waals surface area (Å²) in [5.74, 6) is 1.07. The molecular formula is C17H20N2O2. The smallest absolute Gasteiger partial charge is 0.251 e. The monoisotopic (exact) mass is 284 g/mol. The molecule has 0 bridgehead atoms. The summed E-state index contributed by atoms with van der Waals surface area (Å²) in [6, 6.07) is 11.0. The molecule has 21 heavy (non-hydrogen) atoms. The fourth-order valence-electron chi connectivity index (χ4n) is 2.15. The van der Waals surface area contributed by atoms with E-state index in [0.717, 1.165) is 11.1 Å². The number of nitrogens with one attached hydrogen (secondary N) is 1. The average Bonchev–Trinajstić information content (AvgIpc) is 2.40. The summed E-state index contributed by atoms with van der Waals surface area (Å²) >= 11 is 0. The average molecular weight is 284 g/mol. The van der Waals surface area contributed by atoms with Gasteiger partial charge in [-0.2, -0.15) is 0 Å². The minimum absolute atomic E-state index is 0.136.